The highest BCUT2D eigenvalue weighted by Gasteiger charge is 2.01. The molecule has 2 rings (SSSR count). The Kier molecular flexibility index (Phi) is 5.22. The van der Waals surface area contributed by atoms with Crippen molar-refractivity contribution in [2.75, 3.05) is 13.2 Å². The van der Waals surface area contributed by atoms with Crippen LogP contribution in [0.15, 0.2) is 51.4 Å². The summed E-state index contributed by atoms with van der Waals surface area (Å²) in [4.78, 5) is 0. The van der Waals surface area contributed by atoms with Crippen molar-refractivity contribution in [3.63, 3.8) is 0 Å². The molecule has 0 aliphatic heterocycles. The maximum absolute atomic E-state index is 13.0. The molecule has 0 saturated heterocycles. The van der Waals surface area contributed by atoms with Gasteiger partial charge in [-0.25, -0.2) is 4.39 Å². The van der Waals surface area contributed by atoms with Crippen LogP contribution in [-0.4, -0.2) is 13.2 Å². The summed E-state index contributed by atoms with van der Waals surface area (Å²) in [6, 6.07) is 12.1. The van der Waals surface area contributed by atoms with Crippen LogP contribution in [0.5, 0.6) is 11.5 Å². The molecular formula is C14H11Br2FO2. The minimum atomic E-state index is -0.307. The summed E-state index contributed by atoms with van der Waals surface area (Å²) in [5, 5.41) is 0. The molecule has 0 saturated carbocycles. The van der Waals surface area contributed by atoms with E-state index in [4.69, 9.17) is 9.47 Å². The van der Waals surface area contributed by atoms with Gasteiger partial charge in [-0.05, 0) is 58.4 Å². The first-order chi connectivity index (χ1) is 9.15. The molecule has 0 spiro atoms. The molecule has 0 heterocycles. The molecule has 100 valence electrons. The molecule has 2 aromatic carbocycles. The van der Waals surface area contributed by atoms with Crippen molar-refractivity contribution < 1.29 is 13.9 Å². The molecule has 0 aromatic heterocycles. The highest BCUT2D eigenvalue weighted by molar-refractivity contribution is 9.10. The second kappa shape index (κ2) is 6.91. The van der Waals surface area contributed by atoms with E-state index in [1.807, 2.05) is 24.3 Å². The summed E-state index contributed by atoms with van der Waals surface area (Å²) < 4.78 is 25.4. The molecule has 0 N–H and O–H groups in total. The zero-order valence-electron chi connectivity index (χ0n) is 9.91. The highest BCUT2D eigenvalue weighted by atomic mass is 79.9. The number of hydrogen-bond acceptors (Lipinski definition) is 2. The number of benzene rings is 2. The number of hydrogen-bond donors (Lipinski definition) is 0. The molecule has 0 aliphatic rings. The number of halogens is 3. The molecule has 0 radical (unpaired) electrons. The Morgan fingerprint density at radius 3 is 2.05 bits per heavy atom. The van der Waals surface area contributed by atoms with Crippen molar-refractivity contribution in [1.82, 2.24) is 0 Å². The monoisotopic (exact) mass is 388 g/mol. The van der Waals surface area contributed by atoms with Gasteiger partial charge in [0.25, 0.3) is 0 Å². The van der Waals surface area contributed by atoms with E-state index < -0.39 is 0 Å². The Labute approximate surface area is 127 Å². The SMILES string of the molecule is Fc1ccc(OCCOc2ccc(Br)cc2)cc1Br. The summed E-state index contributed by atoms with van der Waals surface area (Å²) in [6.45, 7) is 0.824. The molecule has 2 aromatic rings. The predicted octanol–water partition coefficient (Wildman–Crippen LogP) is 4.81. The lowest BCUT2D eigenvalue weighted by Gasteiger charge is -2.08. The quantitative estimate of drug-likeness (QED) is 0.683. The summed E-state index contributed by atoms with van der Waals surface area (Å²) in [5.74, 6) is 1.08. The van der Waals surface area contributed by atoms with Crippen LogP contribution < -0.4 is 9.47 Å². The summed E-state index contributed by atoms with van der Waals surface area (Å²) in [7, 11) is 0. The normalized spacial score (nSPS) is 10.3. The van der Waals surface area contributed by atoms with E-state index in [9.17, 15) is 4.39 Å². The van der Waals surface area contributed by atoms with Gasteiger partial charge in [0.2, 0.25) is 0 Å². The van der Waals surface area contributed by atoms with Crippen LogP contribution in [-0.2, 0) is 0 Å². The summed E-state index contributed by atoms with van der Waals surface area (Å²) >= 11 is 6.46. The van der Waals surface area contributed by atoms with E-state index in [1.165, 1.54) is 6.07 Å². The zero-order chi connectivity index (χ0) is 13.7. The van der Waals surface area contributed by atoms with Gasteiger partial charge in [-0.15, -0.1) is 0 Å². The van der Waals surface area contributed by atoms with E-state index in [-0.39, 0.29) is 5.82 Å². The first-order valence-electron chi connectivity index (χ1n) is 5.61. The first-order valence-corrected chi connectivity index (χ1v) is 7.20. The van der Waals surface area contributed by atoms with E-state index in [0.717, 1.165) is 10.2 Å². The second-order valence-corrected chi connectivity index (χ2v) is 5.50. The molecule has 0 aliphatic carbocycles. The van der Waals surface area contributed by atoms with Crippen molar-refractivity contribution in [2.45, 2.75) is 0 Å². The largest absolute Gasteiger partial charge is 0.490 e. The average molecular weight is 390 g/mol. The van der Waals surface area contributed by atoms with Gasteiger partial charge in [-0.2, -0.15) is 0 Å². The van der Waals surface area contributed by atoms with E-state index in [2.05, 4.69) is 31.9 Å². The van der Waals surface area contributed by atoms with Crippen LogP contribution in [0.25, 0.3) is 0 Å². The molecule has 5 heteroatoms. The van der Waals surface area contributed by atoms with E-state index >= 15 is 0 Å². The lowest BCUT2D eigenvalue weighted by molar-refractivity contribution is 0.217. The lowest BCUT2D eigenvalue weighted by Crippen LogP contribution is -2.08. The standard InChI is InChI=1S/C14H11Br2FO2/c15-10-1-3-11(4-2-10)18-7-8-19-12-5-6-14(17)13(16)9-12/h1-6,9H,7-8H2. The van der Waals surface area contributed by atoms with Gasteiger partial charge >= 0.3 is 0 Å². The van der Waals surface area contributed by atoms with Crippen LogP contribution in [0.2, 0.25) is 0 Å². The third kappa shape index (κ3) is 4.51. The topological polar surface area (TPSA) is 18.5 Å². The second-order valence-electron chi connectivity index (χ2n) is 3.73. The van der Waals surface area contributed by atoms with Crippen LogP contribution in [0.1, 0.15) is 0 Å². The third-order valence-electron chi connectivity index (χ3n) is 2.33. The fourth-order valence-electron chi connectivity index (χ4n) is 1.42. The van der Waals surface area contributed by atoms with Gasteiger partial charge in [-0.3, -0.25) is 0 Å². The fraction of sp³-hybridized carbons (Fsp3) is 0.143. The Hall–Kier alpha value is -1.07. The van der Waals surface area contributed by atoms with Gasteiger partial charge < -0.3 is 9.47 Å². The summed E-state index contributed by atoms with van der Waals surface area (Å²) in [6.07, 6.45) is 0. The van der Waals surface area contributed by atoms with Gasteiger partial charge in [0.15, 0.2) is 0 Å². The molecule has 19 heavy (non-hydrogen) atoms. The van der Waals surface area contributed by atoms with Crippen molar-refractivity contribution in [3.8, 4) is 11.5 Å². The van der Waals surface area contributed by atoms with Crippen molar-refractivity contribution in [1.29, 1.82) is 0 Å². The van der Waals surface area contributed by atoms with Crippen LogP contribution in [0.4, 0.5) is 4.39 Å². The predicted molar refractivity (Wildman–Crippen MR) is 79.2 cm³/mol. The van der Waals surface area contributed by atoms with Crippen LogP contribution >= 0.6 is 31.9 Å². The Morgan fingerprint density at radius 2 is 1.42 bits per heavy atom. The maximum Gasteiger partial charge on any atom is 0.137 e. The number of rotatable bonds is 5. The minimum Gasteiger partial charge on any atom is -0.490 e. The van der Waals surface area contributed by atoms with Crippen molar-refractivity contribution in [2.24, 2.45) is 0 Å². The molecule has 0 unspecified atom stereocenters. The lowest BCUT2D eigenvalue weighted by atomic mass is 10.3. The third-order valence-corrected chi connectivity index (χ3v) is 3.46. The highest BCUT2D eigenvalue weighted by Crippen LogP contribution is 2.21. The maximum atomic E-state index is 13.0. The van der Waals surface area contributed by atoms with Crippen LogP contribution in [0, 0.1) is 5.82 Å². The Morgan fingerprint density at radius 1 is 0.842 bits per heavy atom. The molecule has 0 bridgehead atoms. The molecule has 0 fully saturated rings. The Balaban J connectivity index is 1.77. The fourth-order valence-corrected chi connectivity index (χ4v) is 2.04. The molecular weight excluding hydrogens is 379 g/mol. The van der Waals surface area contributed by atoms with Gasteiger partial charge in [0, 0.05) is 4.47 Å². The zero-order valence-corrected chi connectivity index (χ0v) is 13.1. The van der Waals surface area contributed by atoms with E-state index in [0.29, 0.717) is 23.4 Å². The molecule has 0 atom stereocenters. The minimum absolute atomic E-state index is 0.307. The molecule has 0 amide bonds. The van der Waals surface area contributed by atoms with Crippen molar-refractivity contribution >= 4 is 31.9 Å². The van der Waals surface area contributed by atoms with Crippen molar-refractivity contribution in [3.05, 3.63) is 57.2 Å². The van der Waals surface area contributed by atoms with Gasteiger partial charge in [-0.1, -0.05) is 15.9 Å². The summed E-state index contributed by atoms with van der Waals surface area (Å²) in [5.41, 5.74) is 0. The smallest absolute Gasteiger partial charge is 0.137 e. The van der Waals surface area contributed by atoms with Crippen LogP contribution in [0.3, 0.4) is 0 Å². The first kappa shape index (κ1) is 14.3. The van der Waals surface area contributed by atoms with E-state index in [1.54, 1.807) is 12.1 Å². The average Bonchev–Trinajstić information content (AvgIpc) is 2.41. The Bertz CT molecular complexity index is 544. The molecule has 2 nitrogen and oxygen atoms in total. The van der Waals surface area contributed by atoms with Gasteiger partial charge in [0.05, 0.1) is 4.47 Å². The van der Waals surface area contributed by atoms with Gasteiger partial charge in [0.1, 0.15) is 30.5 Å². The number of ether oxygens (including phenoxy) is 2.